The molecule has 5 heteroatoms. The van der Waals surface area contributed by atoms with Gasteiger partial charge in [0.2, 0.25) is 0 Å². The maximum Gasteiger partial charge on any atom is 1.00 e. The fourth-order valence-electron chi connectivity index (χ4n) is 3.89. The standard InChI is InChI=1S/C26H37NO3.Na/c1-3-5-6-7-8-9-10-13-21-14-11-15-23(18-21)26(30)24-20-27(19-22(24)4-2)17-12-16-25(28)29;/h11,14-15,18-20H,3-10,12-13,16-17H2,1-2H3,(H,28,29);/q;+1/p-1. The topological polar surface area (TPSA) is 62.1 Å². The van der Waals surface area contributed by atoms with Crippen molar-refractivity contribution in [3.8, 4) is 0 Å². The van der Waals surface area contributed by atoms with Crippen LogP contribution in [0, 0.1) is 0 Å². The van der Waals surface area contributed by atoms with Crippen LogP contribution in [-0.2, 0) is 24.2 Å². The number of carboxylic acid groups (broad SMARTS) is 1. The van der Waals surface area contributed by atoms with Gasteiger partial charge in [0, 0.05) is 36.0 Å². The molecule has 0 amide bonds. The summed E-state index contributed by atoms with van der Waals surface area (Å²) in [5, 5.41) is 10.6. The molecular weight excluding hydrogens is 397 g/mol. The summed E-state index contributed by atoms with van der Waals surface area (Å²) >= 11 is 0. The molecule has 0 fully saturated rings. The third-order valence-corrected chi connectivity index (χ3v) is 5.64. The number of hydrogen-bond acceptors (Lipinski definition) is 3. The van der Waals surface area contributed by atoms with E-state index in [1.165, 1.54) is 50.5 Å². The van der Waals surface area contributed by atoms with Gasteiger partial charge in [-0.2, -0.15) is 0 Å². The number of carbonyl (C=O) groups is 2. The first-order valence-electron chi connectivity index (χ1n) is 11.6. The molecule has 1 aromatic heterocycles. The van der Waals surface area contributed by atoms with E-state index in [2.05, 4.69) is 13.0 Å². The Morgan fingerprint density at radius 3 is 2.32 bits per heavy atom. The second-order valence-corrected chi connectivity index (χ2v) is 8.16. The molecule has 0 aliphatic carbocycles. The molecule has 0 saturated carbocycles. The summed E-state index contributed by atoms with van der Waals surface area (Å²) in [7, 11) is 0. The third-order valence-electron chi connectivity index (χ3n) is 5.64. The predicted molar refractivity (Wildman–Crippen MR) is 120 cm³/mol. The number of benzene rings is 1. The van der Waals surface area contributed by atoms with Crippen LogP contribution in [-0.4, -0.2) is 16.3 Å². The predicted octanol–water partition coefficient (Wildman–Crippen LogP) is 2.11. The van der Waals surface area contributed by atoms with E-state index in [0.29, 0.717) is 13.0 Å². The Morgan fingerprint density at radius 2 is 1.65 bits per heavy atom. The monoisotopic (exact) mass is 433 g/mol. The zero-order valence-electron chi connectivity index (χ0n) is 19.6. The van der Waals surface area contributed by atoms with E-state index in [-0.39, 0.29) is 41.8 Å². The normalized spacial score (nSPS) is 10.6. The van der Waals surface area contributed by atoms with E-state index in [9.17, 15) is 14.7 Å². The Morgan fingerprint density at radius 1 is 0.935 bits per heavy atom. The van der Waals surface area contributed by atoms with Crippen molar-refractivity contribution in [2.45, 2.75) is 91.0 Å². The van der Waals surface area contributed by atoms with Gasteiger partial charge in [0.15, 0.2) is 5.78 Å². The number of rotatable bonds is 15. The molecule has 0 bridgehead atoms. The molecule has 2 aromatic rings. The number of nitrogens with zero attached hydrogens (tertiary/aromatic N) is 1. The number of carbonyl (C=O) groups excluding carboxylic acids is 2. The number of hydrogen-bond donors (Lipinski definition) is 0. The average Bonchev–Trinajstić information content (AvgIpc) is 3.15. The Hall–Kier alpha value is -1.36. The molecule has 31 heavy (non-hydrogen) atoms. The van der Waals surface area contributed by atoms with Crippen molar-refractivity contribution in [2.24, 2.45) is 0 Å². The second kappa shape index (κ2) is 15.4. The van der Waals surface area contributed by atoms with Gasteiger partial charge in [-0.25, -0.2) is 0 Å². The first-order chi connectivity index (χ1) is 14.5. The van der Waals surface area contributed by atoms with Crippen LogP contribution in [0.4, 0.5) is 0 Å². The van der Waals surface area contributed by atoms with Gasteiger partial charge in [-0.3, -0.25) is 4.79 Å². The Labute approximate surface area is 209 Å². The molecule has 4 nitrogen and oxygen atoms in total. The summed E-state index contributed by atoms with van der Waals surface area (Å²) in [6.45, 7) is 4.85. The first kappa shape index (κ1) is 27.7. The fourth-order valence-corrected chi connectivity index (χ4v) is 3.89. The Bertz CT molecular complexity index is 813. The smallest absolute Gasteiger partial charge is 0.550 e. The summed E-state index contributed by atoms with van der Waals surface area (Å²) in [4.78, 5) is 23.8. The van der Waals surface area contributed by atoms with Gasteiger partial charge in [0.25, 0.3) is 0 Å². The Balaban J connectivity index is 0.00000480. The molecule has 0 N–H and O–H groups in total. The SMILES string of the molecule is CCCCCCCCCc1cccc(C(=O)c2cn(CCCC(=O)[O-])cc2CC)c1.[Na+]. The minimum atomic E-state index is -1.04. The largest absolute Gasteiger partial charge is 1.00 e. The number of aliphatic carboxylic acids is 1. The van der Waals surface area contributed by atoms with E-state index in [1.54, 1.807) is 0 Å². The molecule has 1 aromatic carbocycles. The molecule has 1 heterocycles. The van der Waals surface area contributed by atoms with E-state index >= 15 is 0 Å². The molecule has 0 aliphatic rings. The summed E-state index contributed by atoms with van der Waals surface area (Å²) in [5.74, 6) is -0.987. The number of unbranched alkanes of at least 4 members (excludes halogenated alkanes) is 6. The molecule has 2 rings (SSSR count). The molecule has 164 valence electrons. The number of carboxylic acids is 1. The van der Waals surface area contributed by atoms with E-state index in [0.717, 1.165) is 29.5 Å². The summed E-state index contributed by atoms with van der Waals surface area (Å²) in [5.41, 5.74) is 3.68. The van der Waals surface area contributed by atoms with Crippen molar-refractivity contribution in [1.29, 1.82) is 0 Å². The average molecular weight is 434 g/mol. The van der Waals surface area contributed by atoms with Crippen molar-refractivity contribution in [3.05, 3.63) is 58.9 Å². The van der Waals surface area contributed by atoms with Crippen LogP contribution in [0.15, 0.2) is 36.7 Å². The van der Waals surface area contributed by atoms with Crippen LogP contribution in [0.25, 0.3) is 0 Å². The molecule has 0 atom stereocenters. The van der Waals surface area contributed by atoms with E-state index < -0.39 is 5.97 Å². The minimum absolute atomic E-state index is 0. The number of ketones is 1. The number of aromatic nitrogens is 1. The van der Waals surface area contributed by atoms with Crippen molar-refractivity contribution in [2.75, 3.05) is 0 Å². The third kappa shape index (κ3) is 9.76. The van der Waals surface area contributed by atoms with Crippen molar-refractivity contribution in [1.82, 2.24) is 4.57 Å². The second-order valence-electron chi connectivity index (χ2n) is 8.16. The summed E-state index contributed by atoms with van der Waals surface area (Å²) in [6.07, 6.45) is 15.1. The molecule has 0 aliphatic heterocycles. The van der Waals surface area contributed by atoms with Crippen molar-refractivity contribution >= 4 is 11.8 Å². The maximum absolute atomic E-state index is 13.1. The molecule has 0 radical (unpaired) electrons. The summed E-state index contributed by atoms with van der Waals surface area (Å²) in [6, 6.07) is 8.02. The van der Waals surface area contributed by atoms with Crippen LogP contribution < -0.4 is 34.7 Å². The molecule has 0 spiro atoms. The first-order valence-corrected chi connectivity index (χ1v) is 11.6. The maximum atomic E-state index is 13.1. The van der Waals surface area contributed by atoms with Crippen LogP contribution >= 0.6 is 0 Å². The van der Waals surface area contributed by atoms with Gasteiger partial charge in [-0.15, -0.1) is 0 Å². The van der Waals surface area contributed by atoms with Crippen molar-refractivity contribution < 1.29 is 44.3 Å². The summed E-state index contributed by atoms with van der Waals surface area (Å²) < 4.78 is 1.93. The number of aryl methyl sites for hydroxylation is 3. The van der Waals surface area contributed by atoms with Crippen LogP contribution in [0.1, 0.15) is 98.7 Å². The van der Waals surface area contributed by atoms with Gasteiger partial charge >= 0.3 is 29.6 Å². The zero-order valence-corrected chi connectivity index (χ0v) is 21.6. The zero-order chi connectivity index (χ0) is 21.8. The van der Waals surface area contributed by atoms with Gasteiger partial charge in [0.1, 0.15) is 0 Å². The van der Waals surface area contributed by atoms with E-state index in [1.807, 2.05) is 42.1 Å². The fraction of sp³-hybridized carbons (Fsp3) is 0.538. The Kier molecular flexibility index (Phi) is 13.8. The van der Waals surface area contributed by atoms with Crippen LogP contribution in [0.2, 0.25) is 0 Å². The van der Waals surface area contributed by atoms with Crippen molar-refractivity contribution in [3.63, 3.8) is 0 Å². The minimum Gasteiger partial charge on any atom is -0.550 e. The molecule has 0 saturated heterocycles. The van der Waals surface area contributed by atoms with E-state index in [4.69, 9.17) is 0 Å². The van der Waals surface area contributed by atoms with Gasteiger partial charge in [0.05, 0.1) is 0 Å². The van der Waals surface area contributed by atoms with Crippen LogP contribution in [0.5, 0.6) is 0 Å². The quantitative estimate of drug-likeness (QED) is 0.246. The van der Waals surface area contributed by atoms with Gasteiger partial charge in [-0.05, 0) is 49.3 Å². The van der Waals surface area contributed by atoms with Crippen LogP contribution in [0.3, 0.4) is 0 Å². The molecule has 0 unspecified atom stereocenters. The van der Waals surface area contributed by atoms with Gasteiger partial charge in [-0.1, -0.05) is 70.6 Å². The van der Waals surface area contributed by atoms with Gasteiger partial charge < -0.3 is 14.5 Å². The molecular formula is C26H36NNaO3.